The molecule has 0 bridgehead atoms. The second-order valence-electron chi connectivity index (χ2n) is 5.47. The summed E-state index contributed by atoms with van der Waals surface area (Å²) < 4.78 is 5.78. The molecule has 0 aliphatic carbocycles. The summed E-state index contributed by atoms with van der Waals surface area (Å²) in [4.78, 5) is 4.35. The van der Waals surface area contributed by atoms with E-state index in [1.165, 1.54) is 0 Å². The summed E-state index contributed by atoms with van der Waals surface area (Å²) in [5.74, 6) is 0.749. The molecule has 0 atom stereocenters. The van der Waals surface area contributed by atoms with Crippen LogP contribution in [0.2, 0.25) is 19.6 Å². The zero-order chi connectivity index (χ0) is 11.4. The van der Waals surface area contributed by atoms with E-state index >= 15 is 0 Å². The van der Waals surface area contributed by atoms with Gasteiger partial charge in [0.15, 0.2) is 5.88 Å². The summed E-state index contributed by atoms with van der Waals surface area (Å²) in [7, 11) is -1.52. The van der Waals surface area contributed by atoms with Crippen LogP contribution in [0.4, 0.5) is 0 Å². The lowest BCUT2D eigenvalue weighted by molar-refractivity contribution is 0.415. The van der Waals surface area contributed by atoms with E-state index < -0.39 is 8.32 Å². The van der Waals surface area contributed by atoms with Gasteiger partial charge in [-0.2, -0.15) is 0 Å². The molecule has 0 spiro atoms. The molecule has 0 aromatic rings. The van der Waals surface area contributed by atoms with Crippen molar-refractivity contribution in [1.82, 2.24) is 0 Å². The van der Waals surface area contributed by atoms with Gasteiger partial charge in [-0.05, 0) is 38.1 Å². The van der Waals surface area contributed by atoms with Crippen molar-refractivity contribution in [2.75, 3.05) is 0 Å². The van der Waals surface area contributed by atoms with Gasteiger partial charge in [0.05, 0.1) is 0 Å². The Morgan fingerprint density at radius 3 is 2.00 bits per heavy atom. The van der Waals surface area contributed by atoms with Gasteiger partial charge in [-0.25, -0.2) is 4.99 Å². The molecule has 0 aliphatic heterocycles. The fourth-order valence-electron chi connectivity index (χ4n) is 0.731. The van der Waals surface area contributed by atoms with Gasteiger partial charge in [0.25, 0.3) is 0 Å². The third kappa shape index (κ3) is 8.04. The number of nitrogens with zero attached hydrogens (tertiary/aromatic N) is 1. The van der Waals surface area contributed by atoms with Gasteiger partial charge in [-0.1, -0.05) is 20.8 Å². The highest BCUT2D eigenvalue weighted by Crippen LogP contribution is 2.14. The lowest BCUT2D eigenvalue weighted by atomic mass is 9.99. The maximum atomic E-state index is 5.78. The monoisotopic (exact) mass is 213 g/mol. The van der Waals surface area contributed by atoms with Crippen molar-refractivity contribution in [3.05, 3.63) is 12.0 Å². The minimum absolute atomic E-state index is 0.108. The normalized spacial score (nSPS) is 14.9. The third-order valence-electron chi connectivity index (χ3n) is 1.24. The molecule has 0 aromatic carbocycles. The van der Waals surface area contributed by atoms with Crippen LogP contribution >= 0.6 is 0 Å². The van der Waals surface area contributed by atoms with Crippen molar-refractivity contribution in [2.45, 2.75) is 47.3 Å². The fourth-order valence-corrected chi connectivity index (χ4v) is 1.53. The van der Waals surface area contributed by atoms with Crippen molar-refractivity contribution in [3.8, 4) is 0 Å². The number of aliphatic imine (C=N–C) groups is 1. The van der Waals surface area contributed by atoms with E-state index in [0.29, 0.717) is 0 Å². The molecule has 0 rings (SSSR count). The smallest absolute Gasteiger partial charge is 0.244 e. The predicted molar refractivity (Wildman–Crippen MR) is 66.1 cm³/mol. The number of rotatable bonds is 3. The quantitative estimate of drug-likeness (QED) is 0.397. The first-order chi connectivity index (χ1) is 6.14. The largest absolute Gasteiger partial charge is 0.532 e. The van der Waals surface area contributed by atoms with Gasteiger partial charge in [0, 0.05) is 6.21 Å². The zero-order valence-corrected chi connectivity index (χ0v) is 11.5. The first-order valence-corrected chi connectivity index (χ1v) is 8.45. The molecule has 0 saturated carbocycles. The van der Waals surface area contributed by atoms with Gasteiger partial charge in [-0.3, -0.25) is 0 Å². The molecule has 0 aromatic heterocycles. The Kier molecular flexibility index (Phi) is 4.58. The highest BCUT2D eigenvalue weighted by atomic mass is 28.4. The first-order valence-electron chi connectivity index (χ1n) is 5.04. The fraction of sp³-hybridized carbons (Fsp3) is 0.727. The average molecular weight is 213 g/mol. The SMILES string of the molecule is C/C=C(/N=C/C(C)(C)C)O[Si](C)(C)C. The summed E-state index contributed by atoms with van der Waals surface area (Å²) in [5, 5.41) is 0. The minimum Gasteiger partial charge on any atom is -0.532 e. The van der Waals surface area contributed by atoms with E-state index in [1.807, 2.05) is 19.2 Å². The molecule has 2 nitrogen and oxygen atoms in total. The molecule has 82 valence electrons. The molecule has 0 unspecified atom stereocenters. The van der Waals surface area contributed by atoms with Crippen molar-refractivity contribution in [3.63, 3.8) is 0 Å². The topological polar surface area (TPSA) is 21.6 Å². The van der Waals surface area contributed by atoms with Crippen LogP contribution in [0, 0.1) is 5.41 Å². The highest BCUT2D eigenvalue weighted by Gasteiger charge is 2.17. The summed E-state index contributed by atoms with van der Waals surface area (Å²) in [6.45, 7) is 14.8. The Labute approximate surface area is 89.2 Å². The summed E-state index contributed by atoms with van der Waals surface area (Å²) in [6, 6.07) is 0. The first kappa shape index (κ1) is 13.4. The number of allylic oxidation sites excluding steroid dienone is 1. The van der Waals surface area contributed by atoms with Crippen LogP contribution in [0.15, 0.2) is 17.0 Å². The average Bonchev–Trinajstić information content (AvgIpc) is 1.94. The maximum Gasteiger partial charge on any atom is 0.244 e. The van der Waals surface area contributed by atoms with Gasteiger partial charge < -0.3 is 4.43 Å². The van der Waals surface area contributed by atoms with Gasteiger partial charge in [-0.15, -0.1) is 0 Å². The summed E-state index contributed by atoms with van der Waals surface area (Å²) in [6.07, 6.45) is 3.85. The summed E-state index contributed by atoms with van der Waals surface area (Å²) in [5.41, 5.74) is 0.108. The van der Waals surface area contributed by atoms with Crippen molar-refractivity contribution < 1.29 is 4.43 Å². The lowest BCUT2D eigenvalue weighted by Crippen LogP contribution is -2.24. The molecular formula is C11H23NOSi. The van der Waals surface area contributed by atoms with E-state index in [4.69, 9.17) is 4.43 Å². The van der Waals surface area contributed by atoms with Gasteiger partial charge in [0.1, 0.15) is 0 Å². The second kappa shape index (κ2) is 4.78. The molecule has 14 heavy (non-hydrogen) atoms. The number of hydrogen-bond acceptors (Lipinski definition) is 2. The van der Waals surface area contributed by atoms with E-state index in [1.54, 1.807) is 0 Å². The van der Waals surface area contributed by atoms with Crippen LogP contribution in [0.25, 0.3) is 0 Å². The Bertz CT molecular complexity index is 231. The lowest BCUT2D eigenvalue weighted by Gasteiger charge is -2.19. The van der Waals surface area contributed by atoms with Gasteiger partial charge >= 0.3 is 0 Å². The summed E-state index contributed by atoms with van der Waals surface area (Å²) >= 11 is 0. The van der Waals surface area contributed by atoms with E-state index in [2.05, 4.69) is 45.4 Å². The Hall–Kier alpha value is -0.573. The molecule has 3 heteroatoms. The molecule has 0 amide bonds. The van der Waals surface area contributed by atoms with E-state index in [0.717, 1.165) is 5.88 Å². The minimum atomic E-state index is -1.52. The molecule has 0 saturated heterocycles. The Morgan fingerprint density at radius 2 is 1.71 bits per heavy atom. The maximum absolute atomic E-state index is 5.78. The van der Waals surface area contributed by atoms with E-state index in [-0.39, 0.29) is 5.41 Å². The van der Waals surface area contributed by atoms with Crippen LogP contribution in [-0.4, -0.2) is 14.5 Å². The molecular weight excluding hydrogens is 190 g/mol. The van der Waals surface area contributed by atoms with E-state index in [9.17, 15) is 0 Å². The van der Waals surface area contributed by atoms with Crippen molar-refractivity contribution >= 4 is 14.5 Å². The van der Waals surface area contributed by atoms with Crippen LogP contribution in [0.5, 0.6) is 0 Å². The van der Waals surface area contributed by atoms with Crippen LogP contribution in [-0.2, 0) is 4.43 Å². The Morgan fingerprint density at radius 1 is 1.21 bits per heavy atom. The van der Waals surface area contributed by atoms with Crippen molar-refractivity contribution in [1.29, 1.82) is 0 Å². The molecule has 0 N–H and O–H groups in total. The van der Waals surface area contributed by atoms with Crippen LogP contribution < -0.4 is 0 Å². The molecule has 0 aliphatic rings. The second-order valence-corrected chi connectivity index (χ2v) is 9.89. The standard InChI is InChI=1S/C11H23NOSi/c1-8-10(13-14(5,6)7)12-9-11(2,3)4/h8-9H,1-7H3/b10-8-,12-9+. The van der Waals surface area contributed by atoms with Gasteiger partial charge in [0.2, 0.25) is 8.32 Å². The zero-order valence-electron chi connectivity index (χ0n) is 10.5. The molecule has 0 fully saturated rings. The number of hydrogen-bond donors (Lipinski definition) is 0. The third-order valence-corrected chi connectivity index (χ3v) is 2.06. The molecule has 0 radical (unpaired) electrons. The molecule has 0 heterocycles. The highest BCUT2D eigenvalue weighted by molar-refractivity contribution is 6.70. The predicted octanol–water partition coefficient (Wildman–Crippen LogP) is 3.82. The van der Waals surface area contributed by atoms with Crippen LogP contribution in [0.3, 0.4) is 0 Å². The van der Waals surface area contributed by atoms with Crippen LogP contribution in [0.1, 0.15) is 27.7 Å². The van der Waals surface area contributed by atoms with Crippen molar-refractivity contribution in [2.24, 2.45) is 10.4 Å². The Balaban J connectivity index is 4.42.